The van der Waals surface area contributed by atoms with Crippen LogP contribution in [0.4, 0.5) is 14.9 Å². The molecule has 2 aromatic rings. The van der Waals surface area contributed by atoms with E-state index in [1.165, 1.54) is 23.8 Å². The quantitative estimate of drug-likeness (QED) is 0.606. The van der Waals surface area contributed by atoms with Crippen molar-refractivity contribution >= 4 is 23.3 Å². The molecule has 0 bridgehead atoms. The van der Waals surface area contributed by atoms with Gasteiger partial charge in [-0.2, -0.15) is 5.26 Å². The summed E-state index contributed by atoms with van der Waals surface area (Å²) in [6.07, 6.45) is 4.06. The fraction of sp³-hybridized carbons (Fsp3) is 0.462. The van der Waals surface area contributed by atoms with E-state index in [0.29, 0.717) is 36.8 Å². The van der Waals surface area contributed by atoms with Crippen molar-refractivity contribution in [1.82, 2.24) is 9.80 Å². The van der Waals surface area contributed by atoms with Gasteiger partial charge in [0.25, 0.3) is 0 Å². The molecule has 1 atom stereocenters. The van der Waals surface area contributed by atoms with Gasteiger partial charge in [-0.25, -0.2) is 9.18 Å². The molecule has 0 spiro atoms. The number of hydrogen-bond donors (Lipinski definition) is 2. The van der Waals surface area contributed by atoms with Crippen LogP contribution >= 0.6 is 11.6 Å². The third kappa shape index (κ3) is 6.06. The Morgan fingerprint density at radius 1 is 1.21 bits per heavy atom. The summed E-state index contributed by atoms with van der Waals surface area (Å²) in [5.41, 5.74) is 2.31. The average Bonchev–Trinajstić information content (AvgIpc) is 3.27. The van der Waals surface area contributed by atoms with Crippen LogP contribution in [0.15, 0.2) is 42.5 Å². The normalized spacial score (nSPS) is 22.8. The number of likely N-dealkylation sites (tertiary alicyclic amines) is 1. The molecule has 2 fully saturated rings. The van der Waals surface area contributed by atoms with Crippen molar-refractivity contribution in [2.75, 3.05) is 31.5 Å². The molecule has 1 saturated carbocycles. The molecule has 1 aliphatic carbocycles. The Kier molecular flexibility index (Phi) is 8.04. The smallest absolute Gasteiger partial charge is 0.322 e. The second kappa shape index (κ2) is 11.2. The largest absolute Gasteiger partial charge is 0.392 e. The highest BCUT2D eigenvalue weighted by Crippen LogP contribution is 2.35. The van der Waals surface area contributed by atoms with Gasteiger partial charge in [0.1, 0.15) is 5.82 Å². The van der Waals surface area contributed by atoms with Crippen molar-refractivity contribution in [3.05, 3.63) is 64.4 Å². The molecule has 0 radical (unpaired) electrons. The summed E-state index contributed by atoms with van der Waals surface area (Å²) in [7, 11) is 0. The molecule has 2 aliphatic rings. The van der Waals surface area contributed by atoms with Crippen LogP contribution in [0.2, 0.25) is 5.02 Å². The monoisotopic (exact) mass is 484 g/mol. The minimum atomic E-state index is -0.525. The van der Waals surface area contributed by atoms with Crippen molar-refractivity contribution < 1.29 is 14.3 Å². The first-order chi connectivity index (χ1) is 16.4. The molecule has 4 rings (SSSR count). The third-order valence-corrected chi connectivity index (χ3v) is 7.25. The zero-order valence-electron chi connectivity index (χ0n) is 19.1. The summed E-state index contributed by atoms with van der Waals surface area (Å²) in [5, 5.41) is 21.9. The molecule has 1 saturated heterocycles. The molecule has 2 N–H and O–H groups in total. The lowest BCUT2D eigenvalue weighted by Gasteiger charge is -2.38. The highest BCUT2D eigenvalue weighted by atomic mass is 35.5. The summed E-state index contributed by atoms with van der Waals surface area (Å²) < 4.78 is 13.5. The summed E-state index contributed by atoms with van der Waals surface area (Å²) in [4.78, 5) is 17.3. The van der Waals surface area contributed by atoms with Gasteiger partial charge in [0.15, 0.2) is 0 Å². The van der Waals surface area contributed by atoms with Gasteiger partial charge in [0.05, 0.1) is 22.8 Å². The van der Waals surface area contributed by atoms with E-state index in [4.69, 9.17) is 11.6 Å². The van der Waals surface area contributed by atoms with Gasteiger partial charge in [-0.1, -0.05) is 23.7 Å². The summed E-state index contributed by atoms with van der Waals surface area (Å²) in [6.45, 7) is 2.70. The number of halogens is 2. The molecule has 8 heteroatoms. The summed E-state index contributed by atoms with van der Waals surface area (Å²) in [5.74, 6) is -0.151. The summed E-state index contributed by atoms with van der Waals surface area (Å²) in [6, 6.07) is 14.0. The van der Waals surface area contributed by atoms with E-state index in [9.17, 15) is 19.6 Å². The summed E-state index contributed by atoms with van der Waals surface area (Å²) >= 11 is 5.89. The molecule has 1 heterocycles. The fourth-order valence-corrected chi connectivity index (χ4v) is 5.25. The van der Waals surface area contributed by atoms with Crippen LogP contribution in [0.1, 0.15) is 49.1 Å². The lowest BCUT2D eigenvalue weighted by atomic mass is 9.81. The zero-order valence-corrected chi connectivity index (χ0v) is 19.8. The number of aliphatic hydroxyl groups excluding tert-OH is 1. The number of benzene rings is 2. The van der Waals surface area contributed by atoms with E-state index in [-0.39, 0.29) is 23.2 Å². The maximum Gasteiger partial charge on any atom is 0.322 e. The number of carbonyl (C=O) groups excluding carboxylic acids is 1. The van der Waals surface area contributed by atoms with Gasteiger partial charge in [0.2, 0.25) is 0 Å². The van der Waals surface area contributed by atoms with Gasteiger partial charge < -0.3 is 15.3 Å². The van der Waals surface area contributed by atoms with Crippen molar-refractivity contribution in [2.24, 2.45) is 0 Å². The maximum absolute atomic E-state index is 13.5. The highest BCUT2D eigenvalue weighted by Gasteiger charge is 2.31. The molecule has 6 nitrogen and oxygen atoms in total. The van der Waals surface area contributed by atoms with Crippen molar-refractivity contribution in [1.29, 1.82) is 5.26 Å². The standard InChI is InChI=1S/C26H30ClFN4O2/c27-24-15-21(6-9-25(24)28)30-26(34)32(13-12-31-11-10-23(33)17-31)22-7-4-19(5-8-22)20-3-1-2-18(14-20)16-29/h1-3,6,9,14-15,19,22-23,33H,4-5,7-8,10-13,17H2,(H,30,34). The molecule has 180 valence electrons. The molecule has 2 aromatic carbocycles. The lowest BCUT2D eigenvalue weighted by Crippen LogP contribution is -2.47. The fourth-order valence-electron chi connectivity index (χ4n) is 5.07. The number of nitriles is 1. The van der Waals surface area contributed by atoms with Gasteiger partial charge >= 0.3 is 6.03 Å². The lowest BCUT2D eigenvalue weighted by molar-refractivity contribution is 0.143. The minimum absolute atomic E-state index is 0.0319. The second-order valence-electron chi connectivity index (χ2n) is 9.24. The van der Waals surface area contributed by atoms with E-state index < -0.39 is 5.82 Å². The molecule has 0 aromatic heterocycles. The van der Waals surface area contributed by atoms with Gasteiger partial charge in [-0.3, -0.25) is 4.90 Å². The maximum atomic E-state index is 13.5. The van der Waals surface area contributed by atoms with Gasteiger partial charge in [-0.05, 0) is 73.9 Å². The van der Waals surface area contributed by atoms with Crippen LogP contribution in [0, 0.1) is 17.1 Å². The highest BCUT2D eigenvalue weighted by molar-refractivity contribution is 6.31. The number of aliphatic hydroxyl groups is 1. The number of nitrogens with one attached hydrogen (secondary N) is 1. The van der Waals surface area contributed by atoms with Gasteiger partial charge in [-0.15, -0.1) is 0 Å². The molecular weight excluding hydrogens is 455 g/mol. The van der Waals surface area contributed by atoms with E-state index >= 15 is 0 Å². The Morgan fingerprint density at radius 2 is 2.00 bits per heavy atom. The van der Waals surface area contributed by atoms with Crippen LogP contribution in [-0.2, 0) is 0 Å². The Hall–Kier alpha value is -2.66. The number of hydrogen-bond acceptors (Lipinski definition) is 4. The predicted molar refractivity (Wildman–Crippen MR) is 130 cm³/mol. The van der Waals surface area contributed by atoms with Crippen molar-refractivity contribution in [2.45, 2.75) is 50.2 Å². The van der Waals surface area contributed by atoms with Crippen LogP contribution in [0.5, 0.6) is 0 Å². The second-order valence-corrected chi connectivity index (χ2v) is 9.65. The van der Waals surface area contributed by atoms with Gasteiger partial charge in [0, 0.05) is 37.9 Å². The Morgan fingerprint density at radius 3 is 2.68 bits per heavy atom. The van der Waals surface area contributed by atoms with E-state index in [2.05, 4.69) is 22.4 Å². The SMILES string of the molecule is N#Cc1cccc(C2CCC(N(CCN3CCC(O)C3)C(=O)Nc3ccc(F)c(Cl)c3)CC2)c1. The number of anilines is 1. The van der Waals surface area contributed by atoms with Crippen molar-refractivity contribution in [3.63, 3.8) is 0 Å². The van der Waals surface area contributed by atoms with E-state index in [1.807, 2.05) is 23.1 Å². The Labute approximate surface area is 204 Å². The zero-order chi connectivity index (χ0) is 24.1. The van der Waals surface area contributed by atoms with E-state index in [1.54, 1.807) is 0 Å². The average molecular weight is 485 g/mol. The predicted octanol–water partition coefficient (Wildman–Crippen LogP) is 4.98. The third-order valence-electron chi connectivity index (χ3n) is 6.96. The molecule has 1 aliphatic heterocycles. The van der Waals surface area contributed by atoms with E-state index in [0.717, 1.165) is 38.6 Å². The number of nitrogens with zero attached hydrogens (tertiary/aromatic N) is 3. The van der Waals surface area contributed by atoms with Crippen LogP contribution in [0.3, 0.4) is 0 Å². The Balaban J connectivity index is 1.43. The first-order valence-electron chi connectivity index (χ1n) is 11.9. The number of urea groups is 1. The first-order valence-corrected chi connectivity index (χ1v) is 12.2. The van der Waals surface area contributed by atoms with Crippen LogP contribution in [-0.4, -0.2) is 59.3 Å². The molecular formula is C26H30ClFN4O2. The number of rotatable bonds is 6. The topological polar surface area (TPSA) is 79.6 Å². The van der Waals surface area contributed by atoms with Crippen LogP contribution < -0.4 is 5.32 Å². The molecule has 34 heavy (non-hydrogen) atoms. The molecule has 1 unspecified atom stereocenters. The van der Waals surface area contributed by atoms with Crippen LogP contribution in [0.25, 0.3) is 0 Å². The number of β-amino-alcohol motifs (C(OH)–C–C–N with tert-alkyl or cyclic N) is 1. The first kappa shape index (κ1) is 24.5. The Bertz CT molecular complexity index is 1050. The van der Waals surface area contributed by atoms with Crippen molar-refractivity contribution in [3.8, 4) is 6.07 Å². The minimum Gasteiger partial charge on any atom is -0.392 e. The number of carbonyl (C=O) groups is 1. The number of amides is 2. The molecule has 2 amide bonds.